The lowest BCUT2D eigenvalue weighted by Gasteiger charge is -2.22. The van der Waals surface area contributed by atoms with Gasteiger partial charge in [-0.05, 0) is 65.0 Å². The number of hydrogen-bond donors (Lipinski definition) is 1. The molecule has 1 aliphatic heterocycles. The zero-order valence-corrected chi connectivity index (χ0v) is 21.2. The molecule has 0 spiro atoms. The van der Waals surface area contributed by atoms with E-state index in [0.717, 1.165) is 32.2 Å². The lowest BCUT2D eigenvalue weighted by Crippen LogP contribution is -2.39. The average Bonchev–Trinajstić information content (AvgIpc) is 3.47. The Hall–Kier alpha value is -2.69. The molecule has 1 N–H and O–H groups in total. The molecule has 34 heavy (non-hydrogen) atoms. The third kappa shape index (κ3) is 7.96. The van der Waals surface area contributed by atoms with Crippen molar-refractivity contribution in [3.05, 3.63) is 47.8 Å². The third-order valence-electron chi connectivity index (χ3n) is 6.30. The van der Waals surface area contributed by atoms with Crippen molar-refractivity contribution in [2.45, 2.75) is 77.7 Å². The number of nitrogens with zero attached hydrogens (tertiary/aromatic N) is 4. The molecule has 2 heterocycles. The fourth-order valence-electron chi connectivity index (χ4n) is 4.21. The predicted molar refractivity (Wildman–Crippen MR) is 134 cm³/mol. The van der Waals surface area contributed by atoms with Crippen molar-refractivity contribution in [2.75, 3.05) is 20.1 Å². The van der Waals surface area contributed by atoms with Gasteiger partial charge in [-0.2, -0.15) is 0 Å². The van der Waals surface area contributed by atoms with E-state index in [4.69, 9.17) is 4.74 Å². The van der Waals surface area contributed by atoms with Crippen molar-refractivity contribution in [3.8, 4) is 11.8 Å². The highest BCUT2D eigenvalue weighted by atomic mass is 16.5. The minimum atomic E-state index is -0.137. The summed E-state index contributed by atoms with van der Waals surface area (Å²) in [6.45, 7) is 9.68. The maximum Gasteiger partial charge on any atom is 0.225 e. The molecule has 1 fully saturated rings. The van der Waals surface area contributed by atoms with Gasteiger partial charge in [-0.3, -0.25) is 9.69 Å². The normalized spacial score (nSPS) is 19.6. The van der Waals surface area contributed by atoms with Crippen LogP contribution >= 0.6 is 0 Å². The van der Waals surface area contributed by atoms with Gasteiger partial charge in [0.25, 0.3) is 0 Å². The Morgan fingerprint density at radius 1 is 1.24 bits per heavy atom. The van der Waals surface area contributed by atoms with E-state index in [2.05, 4.69) is 70.6 Å². The number of nitrogens with one attached hydrogen (secondary N) is 1. The molecular weight excluding hydrogens is 426 g/mol. The zero-order chi connectivity index (χ0) is 24.5. The van der Waals surface area contributed by atoms with E-state index >= 15 is 0 Å². The largest absolute Gasteiger partial charge is 0.374 e. The molecule has 7 heteroatoms. The Kier molecular flexibility index (Phi) is 9.67. The highest BCUT2D eigenvalue weighted by Gasteiger charge is 2.34. The van der Waals surface area contributed by atoms with Crippen LogP contribution in [0.5, 0.6) is 0 Å². The quantitative estimate of drug-likeness (QED) is 0.544. The summed E-state index contributed by atoms with van der Waals surface area (Å²) in [5.74, 6) is 6.26. The fraction of sp³-hybridized carbons (Fsp3) is 0.593. The van der Waals surface area contributed by atoms with Crippen molar-refractivity contribution >= 4 is 5.91 Å². The van der Waals surface area contributed by atoms with Crippen LogP contribution in [0.2, 0.25) is 0 Å². The van der Waals surface area contributed by atoms with Crippen LogP contribution in [0, 0.1) is 17.8 Å². The molecule has 1 amide bonds. The van der Waals surface area contributed by atoms with E-state index in [1.54, 1.807) is 0 Å². The number of hydrogen-bond acceptors (Lipinski definition) is 5. The van der Waals surface area contributed by atoms with Gasteiger partial charge in [-0.15, -0.1) is 5.10 Å². The van der Waals surface area contributed by atoms with Gasteiger partial charge >= 0.3 is 0 Å². The molecule has 1 aliphatic rings. The molecule has 1 aromatic heterocycles. The summed E-state index contributed by atoms with van der Waals surface area (Å²) in [6.07, 6.45) is 5.75. The van der Waals surface area contributed by atoms with Gasteiger partial charge in [0.1, 0.15) is 0 Å². The van der Waals surface area contributed by atoms with Crippen molar-refractivity contribution in [3.63, 3.8) is 0 Å². The smallest absolute Gasteiger partial charge is 0.225 e. The second-order valence-corrected chi connectivity index (χ2v) is 9.77. The summed E-state index contributed by atoms with van der Waals surface area (Å²) in [7, 11) is 2.08. The van der Waals surface area contributed by atoms with Crippen molar-refractivity contribution in [2.24, 2.45) is 5.92 Å². The second kappa shape index (κ2) is 12.7. The SMILES string of the molecule is CC(C)NC(=O)[C@H](C)[C@H]1CC[C@@H](C[C@@H](C)n2cc(C#CCN(C)CCc3ccccc3)nn2)O1. The Labute approximate surface area is 204 Å². The molecule has 1 saturated heterocycles. The maximum absolute atomic E-state index is 12.3. The second-order valence-electron chi connectivity index (χ2n) is 9.77. The summed E-state index contributed by atoms with van der Waals surface area (Å²) >= 11 is 0. The number of aromatic nitrogens is 3. The summed E-state index contributed by atoms with van der Waals surface area (Å²) in [5.41, 5.74) is 2.03. The highest BCUT2D eigenvalue weighted by Crippen LogP contribution is 2.30. The molecule has 0 saturated carbocycles. The van der Waals surface area contributed by atoms with E-state index in [1.807, 2.05) is 37.7 Å². The third-order valence-corrected chi connectivity index (χ3v) is 6.30. The van der Waals surface area contributed by atoms with E-state index < -0.39 is 0 Å². The maximum atomic E-state index is 12.3. The fourth-order valence-corrected chi connectivity index (χ4v) is 4.21. The van der Waals surface area contributed by atoms with Crippen molar-refractivity contribution in [1.82, 2.24) is 25.2 Å². The Bertz CT molecular complexity index is 962. The number of rotatable bonds is 10. The van der Waals surface area contributed by atoms with Gasteiger partial charge in [0.15, 0.2) is 5.69 Å². The van der Waals surface area contributed by atoms with Gasteiger partial charge in [-0.1, -0.05) is 48.4 Å². The number of likely N-dealkylation sites (N-methyl/N-ethyl adjacent to an activating group) is 1. The molecule has 0 aliphatic carbocycles. The number of carbonyl (C=O) groups is 1. The Morgan fingerprint density at radius 2 is 2.00 bits per heavy atom. The van der Waals surface area contributed by atoms with Gasteiger partial charge < -0.3 is 10.1 Å². The van der Waals surface area contributed by atoms with Gasteiger partial charge in [0.2, 0.25) is 5.91 Å². The van der Waals surface area contributed by atoms with Crippen LogP contribution in [0.4, 0.5) is 0 Å². The predicted octanol–water partition coefficient (Wildman–Crippen LogP) is 3.46. The van der Waals surface area contributed by atoms with Crippen LogP contribution in [-0.2, 0) is 16.0 Å². The van der Waals surface area contributed by atoms with Crippen molar-refractivity contribution < 1.29 is 9.53 Å². The van der Waals surface area contributed by atoms with E-state index in [0.29, 0.717) is 12.2 Å². The molecule has 1 aromatic carbocycles. The van der Waals surface area contributed by atoms with Crippen LogP contribution in [0.25, 0.3) is 0 Å². The van der Waals surface area contributed by atoms with Crippen LogP contribution in [0.15, 0.2) is 36.5 Å². The average molecular weight is 466 g/mol. The molecule has 0 radical (unpaired) electrons. The van der Waals surface area contributed by atoms with Crippen molar-refractivity contribution in [1.29, 1.82) is 0 Å². The topological polar surface area (TPSA) is 72.3 Å². The molecule has 0 bridgehead atoms. The molecule has 184 valence electrons. The summed E-state index contributed by atoms with van der Waals surface area (Å²) in [6, 6.07) is 10.8. The first-order valence-electron chi connectivity index (χ1n) is 12.4. The van der Waals surface area contributed by atoms with Gasteiger partial charge in [-0.25, -0.2) is 4.68 Å². The van der Waals surface area contributed by atoms with Gasteiger partial charge in [0.05, 0.1) is 36.9 Å². The minimum absolute atomic E-state index is 0.0213. The van der Waals surface area contributed by atoms with Crippen LogP contribution in [0.1, 0.15) is 64.3 Å². The highest BCUT2D eigenvalue weighted by molar-refractivity contribution is 5.79. The molecule has 4 atom stereocenters. The molecule has 7 nitrogen and oxygen atoms in total. The molecule has 0 unspecified atom stereocenters. The van der Waals surface area contributed by atoms with Gasteiger partial charge in [0, 0.05) is 12.6 Å². The molecule has 2 aromatic rings. The summed E-state index contributed by atoms with van der Waals surface area (Å²) in [5, 5.41) is 11.5. The first kappa shape index (κ1) is 25.9. The van der Waals surface area contributed by atoms with Crippen LogP contribution < -0.4 is 5.32 Å². The molecule has 3 rings (SSSR count). The summed E-state index contributed by atoms with van der Waals surface area (Å²) < 4.78 is 8.08. The van der Waals surface area contributed by atoms with E-state index in [1.165, 1.54) is 5.56 Å². The van der Waals surface area contributed by atoms with Crippen LogP contribution in [-0.4, -0.2) is 64.2 Å². The standard InChI is InChI=1S/C27H39N5O2/c1-20(2)28-27(33)22(4)26-14-13-25(34-26)18-21(3)32-19-24(29-30-32)12-9-16-31(5)17-15-23-10-7-6-8-11-23/h6-8,10-11,19-22,25-26H,13-18H2,1-5H3,(H,28,33)/t21-,22-,25+,26-/m1/s1. The number of carbonyl (C=O) groups excluding carboxylic acids is 1. The molecular formula is C27H39N5O2. The monoisotopic (exact) mass is 465 g/mol. The first-order valence-corrected chi connectivity index (χ1v) is 12.4. The zero-order valence-electron chi connectivity index (χ0n) is 21.2. The lowest BCUT2D eigenvalue weighted by molar-refractivity contribution is -0.129. The Balaban J connectivity index is 1.42. The van der Waals surface area contributed by atoms with E-state index in [-0.39, 0.29) is 36.1 Å². The number of ether oxygens (including phenoxy) is 1. The number of amides is 1. The van der Waals surface area contributed by atoms with E-state index in [9.17, 15) is 4.79 Å². The van der Waals surface area contributed by atoms with Crippen LogP contribution in [0.3, 0.4) is 0 Å². The first-order chi connectivity index (χ1) is 16.3. The lowest BCUT2D eigenvalue weighted by atomic mass is 10.00. The number of benzene rings is 1. The minimum Gasteiger partial charge on any atom is -0.374 e. The summed E-state index contributed by atoms with van der Waals surface area (Å²) in [4.78, 5) is 14.5. The Morgan fingerprint density at radius 3 is 2.74 bits per heavy atom.